The Kier molecular flexibility index (Phi) is 4.72. The van der Waals surface area contributed by atoms with Crippen LogP contribution in [0.2, 0.25) is 0 Å². The molecule has 21 heavy (non-hydrogen) atoms. The van der Waals surface area contributed by atoms with Crippen molar-refractivity contribution in [1.82, 2.24) is 15.5 Å². The molecule has 0 aromatic carbocycles. The Morgan fingerprint density at radius 1 is 1.05 bits per heavy atom. The van der Waals surface area contributed by atoms with Gasteiger partial charge in [0.15, 0.2) is 6.29 Å². The van der Waals surface area contributed by atoms with Gasteiger partial charge in [-0.1, -0.05) is 0 Å². The SMILES string of the molecule is O=C(CN1CCC(C2OCCO2)CC1)NC(=O)NC1CC1. The smallest absolute Gasteiger partial charge is 0.321 e. The van der Waals surface area contributed by atoms with Gasteiger partial charge < -0.3 is 14.8 Å². The van der Waals surface area contributed by atoms with E-state index in [1.165, 1.54) is 0 Å². The minimum Gasteiger partial charge on any atom is -0.350 e. The fourth-order valence-electron chi connectivity index (χ4n) is 2.85. The zero-order chi connectivity index (χ0) is 14.7. The van der Waals surface area contributed by atoms with Crippen LogP contribution in [0.15, 0.2) is 0 Å². The summed E-state index contributed by atoms with van der Waals surface area (Å²) in [5.74, 6) is 0.185. The molecule has 2 heterocycles. The molecule has 0 spiro atoms. The molecule has 0 unspecified atom stereocenters. The van der Waals surface area contributed by atoms with Crippen LogP contribution in [0.25, 0.3) is 0 Å². The highest BCUT2D eigenvalue weighted by Crippen LogP contribution is 2.25. The van der Waals surface area contributed by atoms with E-state index in [2.05, 4.69) is 15.5 Å². The summed E-state index contributed by atoms with van der Waals surface area (Å²) < 4.78 is 11.1. The van der Waals surface area contributed by atoms with E-state index in [0.717, 1.165) is 38.8 Å². The quantitative estimate of drug-likeness (QED) is 0.767. The summed E-state index contributed by atoms with van der Waals surface area (Å²) in [5, 5.41) is 5.13. The molecule has 7 heteroatoms. The normalized spacial score (nSPS) is 25.0. The van der Waals surface area contributed by atoms with Crippen molar-refractivity contribution >= 4 is 11.9 Å². The second-order valence-corrected chi connectivity index (χ2v) is 6.02. The zero-order valence-electron chi connectivity index (χ0n) is 12.2. The summed E-state index contributed by atoms with van der Waals surface area (Å²) in [4.78, 5) is 25.3. The van der Waals surface area contributed by atoms with Gasteiger partial charge in [-0.2, -0.15) is 0 Å². The van der Waals surface area contributed by atoms with Crippen molar-refractivity contribution < 1.29 is 19.1 Å². The lowest BCUT2D eigenvalue weighted by molar-refractivity contribution is -0.122. The van der Waals surface area contributed by atoms with E-state index in [0.29, 0.717) is 19.1 Å². The van der Waals surface area contributed by atoms with Crippen molar-refractivity contribution in [3.05, 3.63) is 0 Å². The number of hydrogen-bond acceptors (Lipinski definition) is 5. The number of piperidine rings is 1. The first-order valence-corrected chi connectivity index (χ1v) is 7.76. The number of rotatable bonds is 4. The molecule has 3 amide bonds. The molecule has 3 aliphatic rings. The maximum absolute atomic E-state index is 11.8. The van der Waals surface area contributed by atoms with E-state index in [4.69, 9.17) is 9.47 Å². The van der Waals surface area contributed by atoms with Crippen LogP contribution < -0.4 is 10.6 Å². The number of carbonyl (C=O) groups excluding carboxylic acids is 2. The summed E-state index contributed by atoms with van der Waals surface area (Å²) >= 11 is 0. The number of carbonyl (C=O) groups is 2. The van der Waals surface area contributed by atoms with Crippen molar-refractivity contribution in [2.24, 2.45) is 5.92 Å². The lowest BCUT2D eigenvalue weighted by Crippen LogP contribution is -2.47. The van der Waals surface area contributed by atoms with Gasteiger partial charge in [0.2, 0.25) is 5.91 Å². The maximum Gasteiger partial charge on any atom is 0.321 e. The predicted octanol–water partition coefficient (Wildman–Crippen LogP) is 0.0595. The monoisotopic (exact) mass is 297 g/mol. The van der Waals surface area contributed by atoms with E-state index in [-0.39, 0.29) is 30.8 Å². The van der Waals surface area contributed by atoms with Gasteiger partial charge in [0.25, 0.3) is 0 Å². The van der Waals surface area contributed by atoms with E-state index in [1.807, 2.05) is 0 Å². The Morgan fingerprint density at radius 2 is 1.71 bits per heavy atom. The van der Waals surface area contributed by atoms with Crippen molar-refractivity contribution in [3.8, 4) is 0 Å². The molecule has 0 aromatic rings. The number of amides is 3. The highest BCUT2D eigenvalue weighted by molar-refractivity contribution is 5.95. The average Bonchev–Trinajstić information content (AvgIpc) is 3.09. The zero-order valence-corrected chi connectivity index (χ0v) is 12.2. The third-order valence-electron chi connectivity index (χ3n) is 4.20. The molecule has 2 saturated heterocycles. The van der Waals surface area contributed by atoms with Crippen LogP contribution in [0.5, 0.6) is 0 Å². The largest absolute Gasteiger partial charge is 0.350 e. The van der Waals surface area contributed by atoms with E-state index in [1.54, 1.807) is 0 Å². The van der Waals surface area contributed by atoms with Crippen LogP contribution in [0.4, 0.5) is 4.79 Å². The minimum absolute atomic E-state index is 0.0645. The second-order valence-electron chi connectivity index (χ2n) is 6.02. The van der Waals surface area contributed by atoms with Gasteiger partial charge in [0, 0.05) is 12.0 Å². The van der Waals surface area contributed by atoms with Crippen LogP contribution in [0.1, 0.15) is 25.7 Å². The minimum atomic E-state index is -0.370. The van der Waals surface area contributed by atoms with Gasteiger partial charge in [-0.05, 0) is 38.8 Å². The number of imide groups is 1. The number of nitrogens with one attached hydrogen (secondary N) is 2. The van der Waals surface area contributed by atoms with Gasteiger partial charge in [-0.25, -0.2) is 4.79 Å². The second kappa shape index (κ2) is 6.72. The van der Waals surface area contributed by atoms with E-state index >= 15 is 0 Å². The van der Waals surface area contributed by atoms with Gasteiger partial charge in [0.1, 0.15) is 0 Å². The molecular formula is C14H23N3O4. The summed E-state index contributed by atoms with van der Waals surface area (Å²) in [7, 11) is 0. The first-order chi connectivity index (χ1) is 10.2. The Labute approximate surface area is 124 Å². The van der Waals surface area contributed by atoms with Crippen LogP contribution in [0.3, 0.4) is 0 Å². The van der Waals surface area contributed by atoms with Crippen LogP contribution in [-0.2, 0) is 14.3 Å². The Morgan fingerprint density at radius 3 is 2.33 bits per heavy atom. The summed E-state index contributed by atoms with van der Waals surface area (Å²) in [6.07, 6.45) is 3.89. The Hall–Kier alpha value is -1.18. The lowest BCUT2D eigenvalue weighted by Gasteiger charge is -2.33. The highest BCUT2D eigenvalue weighted by Gasteiger charge is 2.31. The summed E-state index contributed by atoms with van der Waals surface area (Å²) in [6, 6.07) is -0.106. The summed E-state index contributed by atoms with van der Waals surface area (Å²) in [6.45, 7) is 3.32. The molecule has 0 bridgehead atoms. The molecule has 1 saturated carbocycles. The molecule has 0 atom stereocenters. The number of likely N-dealkylation sites (tertiary alicyclic amines) is 1. The van der Waals surface area contributed by atoms with Crippen LogP contribution in [-0.4, -0.2) is 62.0 Å². The molecule has 2 aliphatic heterocycles. The molecule has 3 rings (SSSR count). The fraction of sp³-hybridized carbons (Fsp3) is 0.857. The number of ether oxygens (including phenoxy) is 2. The van der Waals surface area contributed by atoms with Crippen molar-refractivity contribution in [2.45, 2.75) is 38.0 Å². The van der Waals surface area contributed by atoms with Crippen LogP contribution in [0, 0.1) is 5.92 Å². The number of nitrogens with zero attached hydrogens (tertiary/aromatic N) is 1. The average molecular weight is 297 g/mol. The molecule has 118 valence electrons. The maximum atomic E-state index is 11.8. The molecule has 0 radical (unpaired) electrons. The Balaban J connectivity index is 1.34. The number of hydrogen-bond donors (Lipinski definition) is 2. The molecular weight excluding hydrogens is 274 g/mol. The molecule has 0 aromatic heterocycles. The molecule has 3 fully saturated rings. The number of urea groups is 1. The lowest BCUT2D eigenvalue weighted by atomic mass is 9.96. The van der Waals surface area contributed by atoms with Gasteiger partial charge in [-0.15, -0.1) is 0 Å². The molecule has 1 aliphatic carbocycles. The topological polar surface area (TPSA) is 79.9 Å². The van der Waals surface area contributed by atoms with E-state index < -0.39 is 0 Å². The van der Waals surface area contributed by atoms with Gasteiger partial charge in [-0.3, -0.25) is 15.0 Å². The molecule has 7 nitrogen and oxygen atoms in total. The van der Waals surface area contributed by atoms with Crippen LogP contribution >= 0.6 is 0 Å². The Bertz CT molecular complexity index is 386. The van der Waals surface area contributed by atoms with E-state index in [9.17, 15) is 9.59 Å². The first-order valence-electron chi connectivity index (χ1n) is 7.76. The molecule has 2 N–H and O–H groups in total. The van der Waals surface area contributed by atoms with Gasteiger partial charge in [0.05, 0.1) is 19.8 Å². The van der Waals surface area contributed by atoms with Crippen molar-refractivity contribution in [3.63, 3.8) is 0 Å². The summed E-state index contributed by atoms with van der Waals surface area (Å²) in [5.41, 5.74) is 0. The van der Waals surface area contributed by atoms with Crippen molar-refractivity contribution in [1.29, 1.82) is 0 Å². The van der Waals surface area contributed by atoms with Crippen molar-refractivity contribution in [2.75, 3.05) is 32.8 Å². The predicted molar refractivity (Wildman–Crippen MR) is 74.6 cm³/mol. The third-order valence-corrected chi connectivity index (χ3v) is 4.20. The highest BCUT2D eigenvalue weighted by atomic mass is 16.7. The first kappa shape index (κ1) is 14.7. The third kappa shape index (κ3) is 4.39. The fourth-order valence-corrected chi connectivity index (χ4v) is 2.85. The van der Waals surface area contributed by atoms with Gasteiger partial charge >= 0.3 is 6.03 Å². The standard InChI is InChI=1S/C14H23N3O4/c18-12(16-14(19)15-11-1-2-11)9-17-5-3-10(4-6-17)13-20-7-8-21-13/h10-11,13H,1-9H2,(H2,15,16,18,19).